The lowest BCUT2D eigenvalue weighted by Gasteiger charge is -1.80. The molecule has 0 amide bonds. The Morgan fingerprint density at radius 2 is 0.800 bits per heavy atom. The van der Waals surface area contributed by atoms with Gasteiger partial charge in [-0.3, -0.25) is 19.9 Å². The first-order valence-electron chi connectivity index (χ1n) is 5.50. The SMILES string of the molecule is O=c1[nH]c2nccnc2[nH]1.O=c1[nH]c2nccnc2[nH]1. The first-order chi connectivity index (χ1) is 9.72. The summed E-state index contributed by atoms with van der Waals surface area (Å²) in [6.45, 7) is 0. The molecule has 10 nitrogen and oxygen atoms in total. The number of nitrogens with one attached hydrogen (secondary N) is 4. The van der Waals surface area contributed by atoms with Crippen molar-refractivity contribution in [2.45, 2.75) is 0 Å². The highest BCUT2D eigenvalue weighted by Crippen LogP contribution is 1.94. The maximum Gasteiger partial charge on any atom is 0.326 e. The molecule has 0 saturated heterocycles. The van der Waals surface area contributed by atoms with E-state index in [-0.39, 0.29) is 11.4 Å². The number of rotatable bonds is 0. The quantitative estimate of drug-likeness (QED) is 0.332. The molecule has 0 atom stereocenters. The number of hydrogen-bond acceptors (Lipinski definition) is 6. The molecule has 4 aromatic heterocycles. The Labute approximate surface area is 109 Å². The van der Waals surface area contributed by atoms with Crippen LogP contribution >= 0.6 is 0 Å². The maximum atomic E-state index is 10.6. The van der Waals surface area contributed by atoms with Gasteiger partial charge in [0.25, 0.3) is 0 Å². The van der Waals surface area contributed by atoms with Crippen molar-refractivity contribution < 1.29 is 0 Å². The average molecular weight is 272 g/mol. The van der Waals surface area contributed by atoms with Crippen LogP contribution < -0.4 is 11.4 Å². The smallest absolute Gasteiger partial charge is 0.289 e. The minimum atomic E-state index is -0.277. The molecular formula is C10H8N8O2. The molecule has 4 N–H and O–H groups in total. The zero-order chi connectivity index (χ0) is 13.9. The standard InChI is InChI=1S/2C5H4N4O/c2*10-5-8-3-4(9-5)7-2-1-6-3/h2*1-2H,(H2,6,7,8,9,10). The van der Waals surface area contributed by atoms with E-state index in [1.54, 1.807) is 0 Å². The Morgan fingerprint density at radius 1 is 0.550 bits per heavy atom. The Bertz CT molecular complexity index is 810. The fraction of sp³-hybridized carbons (Fsp3) is 0. The number of nitrogens with zero attached hydrogens (tertiary/aromatic N) is 4. The third kappa shape index (κ3) is 2.29. The van der Waals surface area contributed by atoms with Crippen LogP contribution in [0, 0.1) is 0 Å². The third-order valence-corrected chi connectivity index (χ3v) is 2.32. The molecule has 0 bridgehead atoms. The lowest BCUT2D eigenvalue weighted by molar-refractivity contribution is 1.20. The summed E-state index contributed by atoms with van der Waals surface area (Å²) in [5.41, 5.74) is 1.42. The molecule has 20 heavy (non-hydrogen) atoms. The average Bonchev–Trinajstić information content (AvgIpc) is 2.99. The van der Waals surface area contributed by atoms with Crippen LogP contribution in [0.5, 0.6) is 0 Å². The molecule has 0 unspecified atom stereocenters. The zero-order valence-electron chi connectivity index (χ0n) is 9.91. The number of aromatic nitrogens is 8. The molecule has 0 aromatic carbocycles. The molecule has 10 heteroatoms. The maximum absolute atomic E-state index is 10.6. The summed E-state index contributed by atoms with van der Waals surface area (Å²) in [6, 6.07) is 0. The predicted octanol–water partition coefficient (Wildman–Crippen LogP) is -0.708. The predicted molar refractivity (Wildman–Crippen MR) is 69.0 cm³/mol. The van der Waals surface area contributed by atoms with Crippen LogP contribution in [-0.4, -0.2) is 39.9 Å². The minimum Gasteiger partial charge on any atom is -0.289 e. The summed E-state index contributed by atoms with van der Waals surface area (Å²) in [7, 11) is 0. The van der Waals surface area contributed by atoms with Gasteiger partial charge in [-0.25, -0.2) is 29.5 Å². The Balaban J connectivity index is 0.000000121. The van der Waals surface area contributed by atoms with Crippen LogP contribution in [0.15, 0.2) is 34.4 Å². The number of fused-ring (bicyclic) bond motifs is 2. The van der Waals surface area contributed by atoms with Crippen LogP contribution in [0.25, 0.3) is 22.6 Å². The molecule has 0 saturated carbocycles. The molecule has 4 aromatic rings. The second kappa shape index (κ2) is 4.76. The summed E-state index contributed by atoms with van der Waals surface area (Å²) in [5, 5.41) is 0. The van der Waals surface area contributed by atoms with Crippen LogP contribution in [0.2, 0.25) is 0 Å². The largest absolute Gasteiger partial charge is 0.326 e. The fourth-order valence-electron chi connectivity index (χ4n) is 1.53. The van der Waals surface area contributed by atoms with Gasteiger partial charge in [-0.15, -0.1) is 0 Å². The molecule has 4 rings (SSSR count). The molecule has 4 heterocycles. The van der Waals surface area contributed by atoms with E-state index in [1.807, 2.05) is 0 Å². The topological polar surface area (TPSA) is 149 Å². The van der Waals surface area contributed by atoms with Gasteiger partial charge in [0.2, 0.25) is 0 Å². The van der Waals surface area contributed by atoms with Crippen molar-refractivity contribution in [1.82, 2.24) is 39.9 Å². The second-order valence-electron chi connectivity index (χ2n) is 3.67. The van der Waals surface area contributed by atoms with Crippen LogP contribution in [0.3, 0.4) is 0 Å². The van der Waals surface area contributed by atoms with Gasteiger partial charge in [0.05, 0.1) is 0 Å². The van der Waals surface area contributed by atoms with Gasteiger partial charge in [-0.05, 0) is 0 Å². The van der Waals surface area contributed by atoms with Crippen molar-refractivity contribution >= 4 is 22.6 Å². The summed E-state index contributed by atoms with van der Waals surface area (Å²) in [5.74, 6) is 0. The van der Waals surface area contributed by atoms with E-state index in [0.29, 0.717) is 22.6 Å². The lowest BCUT2D eigenvalue weighted by Crippen LogP contribution is -1.99. The Kier molecular flexibility index (Phi) is 2.80. The molecule has 0 spiro atoms. The number of aromatic amines is 4. The van der Waals surface area contributed by atoms with Crippen molar-refractivity contribution in [2.75, 3.05) is 0 Å². The Hall–Kier alpha value is -3.30. The molecule has 0 radical (unpaired) electrons. The summed E-state index contributed by atoms with van der Waals surface area (Å²) in [4.78, 5) is 46.5. The van der Waals surface area contributed by atoms with Crippen LogP contribution in [0.4, 0.5) is 0 Å². The van der Waals surface area contributed by atoms with E-state index in [9.17, 15) is 9.59 Å². The molecule has 0 aliphatic heterocycles. The van der Waals surface area contributed by atoms with Crippen molar-refractivity contribution in [3.8, 4) is 0 Å². The molecule has 0 aliphatic carbocycles. The summed E-state index contributed by atoms with van der Waals surface area (Å²) >= 11 is 0. The zero-order valence-corrected chi connectivity index (χ0v) is 9.91. The van der Waals surface area contributed by atoms with Crippen molar-refractivity contribution in [2.24, 2.45) is 0 Å². The normalized spacial score (nSPS) is 10.4. The first kappa shape index (κ1) is 11.8. The highest BCUT2D eigenvalue weighted by molar-refractivity contribution is 5.63. The van der Waals surface area contributed by atoms with Gasteiger partial charge in [-0.1, -0.05) is 0 Å². The van der Waals surface area contributed by atoms with Gasteiger partial charge in [-0.2, -0.15) is 0 Å². The highest BCUT2D eigenvalue weighted by Gasteiger charge is 1.96. The molecule has 0 aliphatic rings. The van der Waals surface area contributed by atoms with Gasteiger partial charge in [0.15, 0.2) is 22.6 Å². The molecule has 100 valence electrons. The van der Waals surface area contributed by atoms with Crippen molar-refractivity contribution in [3.63, 3.8) is 0 Å². The van der Waals surface area contributed by atoms with Gasteiger partial charge in [0.1, 0.15) is 0 Å². The van der Waals surface area contributed by atoms with E-state index < -0.39 is 0 Å². The van der Waals surface area contributed by atoms with Gasteiger partial charge >= 0.3 is 11.4 Å². The van der Waals surface area contributed by atoms with Gasteiger partial charge < -0.3 is 0 Å². The summed E-state index contributed by atoms with van der Waals surface area (Å²) in [6.07, 6.45) is 6.08. The van der Waals surface area contributed by atoms with E-state index in [4.69, 9.17) is 0 Å². The Morgan fingerprint density at radius 3 is 1.05 bits per heavy atom. The lowest BCUT2D eigenvalue weighted by atomic mass is 10.7. The first-order valence-corrected chi connectivity index (χ1v) is 5.50. The van der Waals surface area contributed by atoms with E-state index >= 15 is 0 Å². The minimum absolute atomic E-state index is 0.277. The van der Waals surface area contributed by atoms with E-state index in [0.717, 1.165) is 0 Å². The van der Waals surface area contributed by atoms with Crippen molar-refractivity contribution in [3.05, 3.63) is 45.8 Å². The summed E-state index contributed by atoms with van der Waals surface area (Å²) < 4.78 is 0. The fourth-order valence-corrected chi connectivity index (χ4v) is 1.53. The number of hydrogen-bond donors (Lipinski definition) is 4. The highest BCUT2D eigenvalue weighted by atomic mass is 16.1. The number of H-pyrrole nitrogens is 4. The molecule has 0 fully saturated rings. The van der Waals surface area contributed by atoms with Gasteiger partial charge in [0, 0.05) is 24.8 Å². The van der Waals surface area contributed by atoms with Crippen LogP contribution in [-0.2, 0) is 0 Å². The monoisotopic (exact) mass is 272 g/mol. The van der Waals surface area contributed by atoms with Crippen molar-refractivity contribution in [1.29, 1.82) is 0 Å². The van der Waals surface area contributed by atoms with Crippen LogP contribution in [0.1, 0.15) is 0 Å². The van der Waals surface area contributed by atoms with E-state index in [1.165, 1.54) is 24.8 Å². The molecular weight excluding hydrogens is 264 g/mol. The number of imidazole rings is 2. The third-order valence-electron chi connectivity index (χ3n) is 2.32. The van der Waals surface area contributed by atoms with E-state index in [2.05, 4.69) is 39.9 Å². The second-order valence-corrected chi connectivity index (χ2v) is 3.67.